The fraction of sp³-hybridized carbons (Fsp3) is 0.500. The number of hydrogen-bond acceptors (Lipinski definition) is 4. The molecule has 0 aliphatic carbocycles. The molecule has 3 N–H and O–H groups in total. The molecule has 3 amide bonds. The summed E-state index contributed by atoms with van der Waals surface area (Å²) in [5, 5.41) is 8.68. The number of anilines is 1. The van der Waals surface area contributed by atoms with Gasteiger partial charge in [0.1, 0.15) is 0 Å². The van der Waals surface area contributed by atoms with Gasteiger partial charge in [-0.15, -0.1) is 0 Å². The van der Waals surface area contributed by atoms with Crippen LogP contribution in [0.2, 0.25) is 5.02 Å². The van der Waals surface area contributed by atoms with Crippen molar-refractivity contribution in [1.82, 2.24) is 15.1 Å². The molecule has 3 rings (SSSR count). The molecule has 1 fully saturated rings. The number of H-pyrrole nitrogens is 1. The smallest absolute Gasteiger partial charge is 0.321 e. The SMILES string of the molecule is CC(C)N(C(N)=O)C(=O)C1(C)CCN(c2cc(Cl)cc3[nH]ncc23)CC1. The van der Waals surface area contributed by atoms with E-state index in [1.54, 1.807) is 20.0 Å². The lowest BCUT2D eigenvalue weighted by atomic mass is 9.78. The summed E-state index contributed by atoms with van der Waals surface area (Å²) in [6, 6.07) is 2.82. The maximum atomic E-state index is 12.9. The predicted octanol–water partition coefficient (Wildman–Crippen LogP) is 3.14. The highest BCUT2D eigenvalue weighted by Gasteiger charge is 2.42. The van der Waals surface area contributed by atoms with Crippen molar-refractivity contribution in [2.24, 2.45) is 11.1 Å². The quantitative estimate of drug-likeness (QED) is 0.858. The Morgan fingerprint density at radius 2 is 2.00 bits per heavy atom. The topological polar surface area (TPSA) is 95.3 Å². The zero-order valence-corrected chi connectivity index (χ0v) is 16.0. The number of nitrogens with one attached hydrogen (secondary N) is 1. The Hall–Kier alpha value is -2.28. The van der Waals surface area contributed by atoms with Gasteiger partial charge in [0.05, 0.1) is 17.1 Å². The van der Waals surface area contributed by atoms with E-state index in [0.29, 0.717) is 31.0 Å². The third-order valence-electron chi connectivity index (χ3n) is 5.20. The number of piperidine rings is 1. The molecular weight excluding hydrogens is 354 g/mol. The lowest BCUT2D eigenvalue weighted by molar-refractivity contribution is -0.140. The van der Waals surface area contributed by atoms with Gasteiger partial charge in [0.25, 0.3) is 0 Å². The monoisotopic (exact) mass is 377 g/mol. The molecule has 140 valence electrons. The van der Waals surface area contributed by atoms with Gasteiger partial charge in [0, 0.05) is 35.2 Å². The molecule has 0 radical (unpaired) electrons. The number of urea groups is 1. The first-order valence-electron chi connectivity index (χ1n) is 8.73. The van der Waals surface area contributed by atoms with Crippen molar-refractivity contribution in [1.29, 1.82) is 0 Å². The lowest BCUT2D eigenvalue weighted by Gasteiger charge is -2.42. The summed E-state index contributed by atoms with van der Waals surface area (Å²) in [5.41, 5.74) is 6.70. The predicted molar refractivity (Wildman–Crippen MR) is 102 cm³/mol. The fourth-order valence-corrected chi connectivity index (χ4v) is 3.81. The van der Waals surface area contributed by atoms with Crippen LogP contribution in [0.4, 0.5) is 10.5 Å². The molecule has 1 aliphatic rings. The number of aromatic nitrogens is 2. The first-order chi connectivity index (χ1) is 12.2. The van der Waals surface area contributed by atoms with Gasteiger partial charge in [0.2, 0.25) is 5.91 Å². The highest BCUT2D eigenvalue weighted by molar-refractivity contribution is 6.31. The number of nitrogens with two attached hydrogens (primary N) is 1. The van der Waals surface area contributed by atoms with Crippen molar-refractivity contribution >= 4 is 40.1 Å². The molecule has 0 saturated carbocycles. The Morgan fingerprint density at radius 1 is 1.35 bits per heavy atom. The molecule has 1 aromatic heterocycles. The van der Waals surface area contributed by atoms with Crippen molar-refractivity contribution in [3.63, 3.8) is 0 Å². The fourth-order valence-electron chi connectivity index (χ4n) is 3.59. The second kappa shape index (κ2) is 6.79. The standard InChI is InChI=1S/C18H24ClN5O2/c1-11(2)24(17(20)26)16(25)18(3)4-6-23(7-5-18)15-9-12(19)8-14-13(15)10-21-22-14/h8-11H,4-7H2,1-3H3,(H2,20,26)(H,21,22). The lowest BCUT2D eigenvalue weighted by Crippen LogP contribution is -2.54. The zero-order chi connectivity index (χ0) is 19.1. The van der Waals surface area contributed by atoms with Gasteiger partial charge >= 0.3 is 6.03 Å². The average Bonchev–Trinajstić information content (AvgIpc) is 3.02. The molecule has 0 atom stereocenters. The molecule has 1 aromatic carbocycles. The normalized spacial score (nSPS) is 16.9. The number of benzene rings is 1. The highest BCUT2D eigenvalue weighted by Crippen LogP contribution is 2.38. The summed E-state index contributed by atoms with van der Waals surface area (Å²) in [7, 11) is 0. The number of carbonyl (C=O) groups excluding carboxylic acids is 2. The van der Waals surface area contributed by atoms with Crippen LogP contribution in [0.1, 0.15) is 33.6 Å². The van der Waals surface area contributed by atoms with Crippen LogP contribution in [0.5, 0.6) is 0 Å². The molecule has 1 saturated heterocycles. The van der Waals surface area contributed by atoms with Gasteiger partial charge in [-0.05, 0) is 38.8 Å². The molecule has 7 nitrogen and oxygen atoms in total. The minimum absolute atomic E-state index is 0.195. The largest absolute Gasteiger partial charge is 0.371 e. The molecule has 26 heavy (non-hydrogen) atoms. The summed E-state index contributed by atoms with van der Waals surface area (Å²) in [6.07, 6.45) is 3.05. The third-order valence-corrected chi connectivity index (χ3v) is 5.42. The number of hydrogen-bond donors (Lipinski definition) is 2. The van der Waals surface area contributed by atoms with E-state index in [1.165, 1.54) is 4.90 Å². The van der Waals surface area contributed by atoms with Gasteiger partial charge in [0.15, 0.2) is 0 Å². The molecule has 2 aromatic rings. The first kappa shape index (κ1) is 18.5. The number of aromatic amines is 1. The van der Waals surface area contributed by atoms with Gasteiger partial charge in [-0.2, -0.15) is 5.10 Å². The molecular formula is C18H24ClN5O2. The van der Waals surface area contributed by atoms with Crippen LogP contribution in [0.3, 0.4) is 0 Å². The Morgan fingerprint density at radius 3 is 2.58 bits per heavy atom. The number of nitrogens with zero attached hydrogens (tertiary/aromatic N) is 3. The summed E-state index contributed by atoms with van der Waals surface area (Å²) in [4.78, 5) is 28.0. The summed E-state index contributed by atoms with van der Waals surface area (Å²) in [5.74, 6) is -0.195. The Labute approximate surface area is 157 Å². The maximum Gasteiger partial charge on any atom is 0.321 e. The van der Waals surface area contributed by atoms with Crippen molar-refractivity contribution in [3.8, 4) is 0 Å². The second-order valence-electron chi connectivity index (χ2n) is 7.41. The van der Waals surface area contributed by atoms with Gasteiger partial charge < -0.3 is 10.6 Å². The van der Waals surface area contributed by atoms with Crippen LogP contribution in [0.15, 0.2) is 18.3 Å². The van der Waals surface area contributed by atoms with Crippen LogP contribution in [-0.4, -0.2) is 46.2 Å². The molecule has 8 heteroatoms. The van der Waals surface area contributed by atoms with Gasteiger partial charge in [-0.1, -0.05) is 18.5 Å². The van der Waals surface area contributed by atoms with E-state index in [1.807, 2.05) is 19.1 Å². The minimum atomic E-state index is -0.691. The third kappa shape index (κ3) is 3.23. The van der Waals surface area contributed by atoms with Crippen LogP contribution < -0.4 is 10.6 Å². The van der Waals surface area contributed by atoms with Crippen molar-refractivity contribution in [2.45, 2.75) is 39.7 Å². The van der Waals surface area contributed by atoms with E-state index < -0.39 is 11.4 Å². The Bertz CT molecular complexity index is 839. The van der Waals surface area contributed by atoms with Gasteiger partial charge in [-0.25, -0.2) is 4.79 Å². The first-order valence-corrected chi connectivity index (χ1v) is 9.11. The number of rotatable bonds is 3. The zero-order valence-electron chi connectivity index (χ0n) is 15.3. The molecule has 2 heterocycles. The van der Waals surface area contributed by atoms with Crippen molar-refractivity contribution < 1.29 is 9.59 Å². The minimum Gasteiger partial charge on any atom is -0.371 e. The van der Waals surface area contributed by atoms with E-state index in [0.717, 1.165) is 16.6 Å². The van der Waals surface area contributed by atoms with E-state index >= 15 is 0 Å². The number of fused-ring (bicyclic) bond motifs is 1. The van der Waals surface area contributed by atoms with Crippen LogP contribution in [-0.2, 0) is 4.79 Å². The molecule has 0 spiro atoms. The Kier molecular flexibility index (Phi) is 4.84. The molecule has 0 unspecified atom stereocenters. The van der Waals surface area contributed by atoms with Crippen LogP contribution in [0.25, 0.3) is 10.9 Å². The molecule has 0 bridgehead atoms. The van der Waals surface area contributed by atoms with E-state index in [4.69, 9.17) is 17.3 Å². The Balaban J connectivity index is 1.81. The highest BCUT2D eigenvalue weighted by atomic mass is 35.5. The van der Waals surface area contributed by atoms with E-state index in [9.17, 15) is 9.59 Å². The second-order valence-corrected chi connectivity index (χ2v) is 7.85. The number of imide groups is 1. The summed E-state index contributed by atoms with van der Waals surface area (Å²) >= 11 is 6.23. The number of carbonyl (C=O) groups is 2. The average molecular weight is 378 g/mol. The van der Waals surface area contributed by atoms with Crippen LogP contribution in [0, 0.1) is 5.41 Å². The van der Waals surface area contributed by atoms with Crippen molar-refractivity contribution in [3.05, 3.63) is 23.4 Å². The van der Waals surface area contributed by atoms with Crippen LogP contribution >= 0.6 is 11.6 Å². The number of amides is 3. The summed E-state index contributed by atoms with van der Waals surface area (Å²) in [6.45, 7) is 6.88. The van der Waals surface area contributed by atoms with E-state index in [-0.39, 0.29) is 11.9 Å². The van der Waals surface area contributed by atoms with E-state index in [2.05, 4.69) is 15.1 Å². The van der Waals surface area contributed by atoms with Gasteiger partial charge in [-0.3, -0.25) is 14.8 Å². The van der Waals surface area contributed by atoms with Crippen molar-refractivity contribution in [2.75, 3.05) is 18.0 Å². The molecule has 1 aliphatic heterocycles. The number of primary amides is 1. The maximum absolute atomic E-state index is 12.9. The number of halogens is 1. The summed E-state index contributed by atoms with van der Waals surface area (Å²) < 4.78 is 0.